The molecule has 0 radical (unpaired) electrons. The van der Waals surface area contributed by atoms with Gasteiger partial charge in [0.15, 0.2) is 11.4 Å². The number of phenols is 1. The van der Waals surface area contributed by atoms with Gasteiger partial charge < -0.3 is 30.9 Å². The number of aromatic hydroxyl groups is 1. The van der Waals surface area contributed by atoms with Crippen LogP contribution in [0.15, 0.2) is 53.3 Å². The highest BCUT2D eigenvalue weighted by atomic mass is 32.2. The minimum atomic E-state index is -2.60. The van der Waals surface area contributed by atoms with Gasteiger partial charge in [-0.1, -0.05) is 18.2 Å². The number of benzene rings is 2. The first-order valence-electron chi connectivity index (χ1n) is 11.7. The summed E-state index contributed by atoms with van der Waals surface area (Å²) in [6.07, 6.45) is 1.44. The van der Waals surface area contributed by atoms with E-state index in [9.17, 15) is 39.6 Å². The summed E-state index contributed by atoms with van der Waals surface area (Å²) in [7, 11) is 0. The molecule has 3 atom stereocenters. The summed E-state index contributed by atoms with van der Waals surface area (Å²) in [5.41, 5.74) is 3.47. The smallest absolute Gasteiger partial charge is 0.372 e. The standard InChI is InChI=1S/C27H23NO9S/c1-38-26(35)37-14-4-2-11(3-5-14)15-6-7-17(29)20-16(15)9-12-8-13-10-18(30)21(25(28)34)24(33)27(13,36)23(32)19(12)22(20)31/h2-7,12-13,29,31,33,36H,8-10H2,1H3,(H2,28,34)/t12-,13+,27+/m1/s1. The minimum absolute atomic E-state index is 0.00696. The summed E-state index contributed by atoms with van der Waals surface area (Å²) in [5, 5.41) is 43.4. The van der Waals surface area contributed by atoms with Crippen molar-refractivity contribution in [3.05, 3.63) is 64.4 Å². The largest absolute Gasteiger partial charge is 0.508 e. The van der Waals surface area contributed by atoms with Crippen molar-refractivity contribution in [1.82, 2.24) is 0 Å². The third-order valence-corrected chi connectivity index (χ3v) is 7.90. The van der Waals surface area contributed by atoms with Gasteiger partial charge in [0.05, 0.1) is 5.56 Å². The molecule has 0 aromatic heterocycles. The van der Waals surface area contributed by atoms with Gasteiger partial charge in [-0.2, -0.15) is 0 Å². The molecule has 0 bridgehead atoms. The molecule has 2 aromatic rings. The molecule has 1 saturated carbocycles. The zero-order valence-electron chi connectivity index (χ0n) is 20.1. The number of fused-ring (bicyclic) bond motifs is 3. The minimum Gasteiger partial charge on any atom is -0.508 e. The molecule has 0 heterocycles. The molecule has 0 unspecified atom stereocenters. The van der Waals surface area contributed by atoms with E-state index in [1.165, 1.54) is 6.07 Å². The van der Waals surface area contributed by atoms with Crippen LogP contribution in [-0.2, 0) is 20.8 Å². The molecule has 5 rings (SSSR count). The van der Waals surface area contributed by atoms with Crippen LogP contribution in [0.5, 0.6) is 11.5 Å². The molecule has 196 valence electrons. The first-order valence-corrected chi connectivity index (χ1v) is 12.9. The molecule has 3 aliphatic rings. The van der Waals surface area contributed by atoms with E-state index < -0.39 is 57.3 Å². The molecule has 2 aromatic carbocycles. The molecule has 11 heteroatoms. The first kappa shape index (κ1) is 25.6. The van der Waals surface area contributed by atoms with Gasteiger partial charge in [-0.3, -0.25) is 14.4 Å². The number of aliphatic hydroxyl groups is 3. The van der Waals surface area contributed by atoms with Crippen LogP contribution >= 0.6 is 11.8 Å². The van der Waals surface area contributed by atoms with Gasteiger partial charge >= 0.3 is 5.30 Å². The monoisotopic (exact) mass is 537 g/mol. The molecule has 10 nitrogen and oxygen atoms in total. The van der Waals surface area contributed by atoms with Gasteiger partial charge in [0.1, 0.15) is 28.6 Å². The Bertz CT molecular complexity index is 1490. The first-order chi connectivity index (χ1) is 18.0. The molecule has 0 saturated heterocycles. The van der Waals surface area contributed by atoms with Gasteiger partial charge in [-0.05, 0) is 71.7 Å². The predicted octanol–water partition coefficient (Wildman–Crippen LogP) is 2.95. The zero-order valence-corrected chi connectivity index (χ0v) is 20.9. The maximum Gasteiger partial charge on any atom is 0.372 e. The summed E-state index contributed by atoms with van der Waals surface area (Å²) in [6, 6.07) is 9.66. The van der Waals surface area contributed by atoms with Crippen LogP contribution in [0.2, 0.25) is 0 Å². The third-order valence-electron chi connectivity index (χ3n) is 7.48. The van der Waals surface area contributed by atoms with Gasteiger partial charge in [0.2, 0.25) is 5.78 Å². The van der Waals surface area contributed by atoms with E-state index in [-0.39, 0.29) is 36.1 Å². The number of Topliss-reactive ketones (excluding diaryl/α,β-unsaturated/α-hetero) is 2. The van der Waals surface area contributed by atoms with Gasteiger partial charge in [0.25, 0.3) is 5.91 Å². The van der Waals surface area contributed by atoms with Crippen LogP contribution in [-0.4, -0.2) is 55.1 Å². The van der Waals surface area contributed by atoms with Crippen molar-refractivity contribution in [2.24, 2.45) is 17.6 Å². The molecule has 0 spiro atoms. The number of rotatable bonds is 3. The van der Waals surface area contributed by atoms with E-state index in [2.05, 4.69) is 0 Å². The summed E-state index contributed by atoms with van der Waals surface area (Å²) in [5.74, 6) is -6.38. The van der Waals surface area contributed by atoms with Crippen molar-refractivity contribution < 1.29 is 44.3 Å². The number of hydrogen-bond acceptors (Lipinski definition) is 10. The highest BCUT2D eigenvalue weighted by molar-refractivity contribution is 8.12. The predicted molar refractivity (Wildman–Crippen MR) is 136 cm³/mol. The van der Waals surface area contributed by atoms with Crippen molar-refractivity contribution in [1.29, 1.82) is 0 Å². The number of amides is 1. The lowest BCUT2D eigenvalue weighted by atomic mass is 9.59. The number of ether oxygens (including phenoxy) is 1. The van der Waals surface area contributed by atoms with E-state index in [1.807, 2.05) is 0 Å². The number of thioether (sulfide) groups is 1. The molecule has 6 N–H and O–H groups in total. The normalized spacial score (nSPS) is 24.5. The highest BCUT2D eigenvalue weighted by Crippen LogP contribution is 2.53. The Morgan fingerprint density at radius 3 is 2.37 bits per heavy atom. The van der Waals surface area contributed by atoms with Crippen molar-refractivity contribution in [2.45, 2.75) is 24.9 Å². The van der Waals surface area contributed by atoms with Crippen LogP contribution in [0, 0.1) is 11.8 Å². The molecule has 0 aliphatic heterocycles. The average Bonchev–Trinajstić information content (AvgIpc) is 2.86. The Balaban J connectivity index is 1.61. The highest BCUT2D eigenvalue weighted by Gasteiger charge is 2.60. The molecule has 1 fully saturated rings. The number of hydrogen-bond donors (Lipinski definition) is 5. The Morgan fingerprint density at radius 1 is 1.05 bits per heavy atom. The SMILES string of the molecule is CSC(=O)Oc1ccc(-c2ccc(O)c3c2C[C@H]2C[C@H]4CC(=O)C(C(N)=O)=C(O)[C@@]4(O)C(=O)C2=C3O)cc1. The lowest BCUT2D eigenvalue weighted by Crippen LogP contribution is -2.58. The molecular weight excluding hydrogens is 514 g/mol. The number of phenolic OH excluding ortho intramolecular Hbond substituents is 1. The summed E-state index contributed by atoms with van der Waals surface area (Å²) in [4.78, 5) is 49.4. The summed E-state index contributed by atoms with van der Waals surface area (Å²) >= 11 is 0.931. The second-order valence-corrected chi connectivity index (χ2v) is 10.2. The quantitative estimate of drug-likeness (QED) is 0.288. The fourth-order valence-corrected chi connectivity index (χ4v) is 5.91. The topological polar surface area (TPSA) is 184 Å². The number of aliphatic hydroxyl groups excluding tert-OH is 2. The Kier molecular flexibility index (Phi) is 6.07. The average molecular weight is 538 g/mol. The maximum atomic E-state index is 13.6. The fourth-order valence-electron chi connectivity index (χ4n) is 5.73. The van der Waals surface area contributed by atoms with Crippen LogP contribution in [0.3, 0.4) is 0 Å². The van der Waals surface area contributed by atoms with E-state index >= 15 is 0 Å². The van der Waals surface area contributed by atoms with E-state index in [4.69, 9.17) is 10.5 Å². The Morgan fingerprint density at radius 2 is 1.74 bits per heavy atom. The van der Waals surface area contributed by atoms with Gasteiger partial charge in [-0.15, -0.1) is 0 Å². The second kappa shape index (κ2) is 9.03. The maximum absolute atomic E-state index is 13.6. The second-order valence-electron chi connectivity index (χ2n) is 9.47. The number of primary amides is 1. The van der Waals surface area contributed by atoms with E-state index in [1.54, 1.807) is 36.6 Å². The van der Waals surface area contributed by atoms with E-state index in [0.717, 1.165) is 11.8 Å². The van der Waals surface area contributed by atoms with E-state index in [0.29, 0.717) is 22.4 Å². The van der Waals surface area contributed by atoms with Crippen LogP contribution in [0.4, 0.5) is 4.79 Å². The van der Waals surface area contributed by atoms with Gasteiger partial charge in [-0.25, -0.2) is 4.79 Å². The van der Waals surface area contributed by atoms with Crippen molar-refractivity contribution in [2.75, 3.05) is 6.26 Å². The van der Waals surface area contributed by atoms with Crippen LogP contribution in [0.1, 0.15) is 24.0 Å². The zero-order chi connectivity index (χ0) is 27.5. The fraction of sp³-hybridized carbons (Fsp3) is 0.259. The number of carbonyl (C=O) groups excluding carboxylic acids is 4. The lowest BCUT2D eigenvalue weighted by Gasteiger charge is -2.46. The molecule has 3 aliphatic carbocycles. The van der Waals surface area contributed by atoms with Gasteiger partial charge in [0, 0.05) is 17.9 Å². The van der Waals surface area contributed by atoms with Crippen LogP contribution < -0.4 is 10.5 Å². The van der Waals surface area contributed by atoms with Crippen LogP contribution in [0.25, 0.3) is 16.9 Å². The molecule has 38 heavy (non-hydrogen) atoms. The van der Waals surface area contributed by atoms with Crippen molar-refractivity contribution in [3.8, 4) is 22.6 Å². The third kappa shape index (κ3) is 3.69. The Hall–Kier alpha value is -4.09. The summed E-state index contributed by atoms with van der Waals surface area (Å²) in [6.45, 7) is 0. The number of ketones is 2. The molecular formula is C27H23NO9S. The Labute approximate surface area is 220 Å². The number of carbonyl (C=O) groups is 4. The van der Waals surface area contributed by atoms with Crippen molar-refractivity contribution in [3.63, 3.8) is 0 Å². The van der Waals surface area contributed by atoms with Crippen molar-refractivity contribution >= 4 is 40.3 Å². The number of nitrogens with two attached hydrogens (primary N) is 1. The molecule has 1 amide bonds. The lowest BCUT2D eigenvalue weighted by molar-refractivity contribution is -0.147. The summed E-state index contributed by atoms with van der Waals surface area (Å²) < 4.78 is 5.18.